The zero-order valence-corrected chi connectivity index (χ0v) is 15.7. The minimum atomic E-state index is -0.754. The Bertz CT molecular complexity index is 932. The zero-order chi connectivity index (χ0) is 19.7. The van der Waals surface area contributed by atoms with Crippen LogP contribution in [0, 0.1) is 0 Å². The molecule has 2 aliphatic rings. The molecule has 3 N–H and O–H groups in total. The Hall–Kier alpha value is -3.16. The highest BCUT2D eigenvalue weighted by molar-refractivity contribution is 6.39. The van der Waals surface area contributed by atoms with Gasteiger partial charge in [-0.15, -0.1) is 0 Å². The van der Waals surface area contributed by atoms with Gasteiger partial charge in [0.1, 0.15) is 0 Å². The highest BCUT2D eigenvalue weighted by atomic mass is 16.2. The van der Waals surface area contributed by atoms with Gasteiger partial charge in [0.2, 0.25) is 0 Å². The molecule has 8 heteroatoms. The molecule has 2 aromatic rings. The van der Waals surface area contributed by atoms with Gasteiger partial charge < -0.3 is 16.0 Å². The monoisotopic (exact) mass is 381 g/mol. The third kappa shape index (κ3) is 3.90. The molecule has 1 aromatic carbocycles. The Balaban J connectivity index is 1.38. The molecule has 1 saturated carbocycles. The van der Waals surface area contributed by atoms with Crippen molar-refractivity contribution in [2.24, 2.45) is 7.05 Å². The van der Waals surface area contributed by atoms with Crippen LogP contribution in [0.3, 0.4) is 0 Å². The fourth-order valence-electron chi connectivity index (χ4n) is 3.50. The van der Waals surface area contributed by atoms with Gasteiger partial charge in [-0.1, -0.05) is 6.07 Å². The first-order valence-corrected chi connectivity index (χ1v) is 9.55. The lowest BCUT2D eigenvalue weighted by molar-refractivity contribution is -0.136. The third-order valence-corrected chi connectivity index (χ3v) is 5.18. The van der Waals surface area contributed by atoms with E-state index in [1.54, 1.807) is 30.5 Å². The topological polar surface area (TPSA) is 105 Å². The van der Waals surface area contributed by atoms with E-state index in [2.05, 4.69) is 21.0 Å². The summed E-state index contributed by atoms with van der Waals surface area (Å²) in [5.41, 5.74) is 2.92. The summed E-state index contributed by atoms with van der Waals surface area (Å²) in [5.74, 6) is -1.63. The molecular weight excluding hydrogens is 358 g/mol. The van der Waals surface area contributed by atoms with Crippen molar-refractivity contribution in [2.45, 2.75) is 44.2 Å². The van der Waals surface area contributed by atoms with E-state index in [-0.39, 0.29) is 18.0 Å². The Kier molecular flexibility index (Phi) is 4.85. The summed E-state index contributed by atoms with van der Waals surface area (Å²) in [6.07, 6.45) is 6.37. The summed E-state index contributed by atoms with van der Waals surface area (Å²) in [5, 5.41) is 12.5. The summed E-state index contributed by atoms with van der Waals surface area (Å²) in [7, 11) is 1.88. The van der Waals surface area contributed by atoms with Crippen LogP contribution in [-0.2, 0) is 23.1 Å². The smallest absolute Gasteiger partial charge is 0.313 e. The first kappa shape index (κ1) is 18.2. The number of aryl methyl sites for hydroxylation is 1. The molecule has 0 radical (unpaired) electrons. The average molecular weight is 381 g/mol. The standard InChI is InChI=1S/C20H23N5O3/c1-25-17-7-3-6-16(15(17)11-21-25)24-20(28)19(27)23-14-5-2-4-12(10-14)18(26)22-13-8-9-13/h2,4-5,10-11,13,16H,3,6-9H2,1H3,(H,22,26)(H,23,27)(H,24,28). The van der Waals surface area contributed by atoms with E-state index in [0.29, 0.717) is 11.3 Å². The molecule has 1 heterocycles. The lowest BCUT2D eigenvalue weighted by Crippen LogP contribution is -2.38. The van der Waals surface area contributed by atoms with Crippen LogP contribution in [0.4, 0.5) is 5.69 Å². The van der Waals surface area contributed by atoms with Gasteiger partial charge >= 0.3 is 11.8 Å². The normalized spacial score (nSPS) is 18.1. The lowest BCUT2D eigenvalue weighted by atomic mass is 9.93. The number of nitrogens with zero attached hydrogens (tertiary/aromatic N) is 2. The molecule has 0 spiro atoms. The van der Waals surface area contributed by atoms with Crippen molar-refractivity contribution >= 4 is 23.4 Å². The van der Waals surface area contributed by atoms with Gasteiger partial charge in [0.15, 0.2) is 0 Å². The van der Waals surface area contributed by atoms with Crippen LogP contribution < -0.4 is 16.0 Å². The number of benzene rings is 1. The van der Waals surface area contributed by atoms with Gasteiger partial charge in [-0.2, -0.15) is 5.10 Å². The van der Waals surface area contributed by atoms with E-state index in [1.807, 2.05) is 11.7 Å². The van der Waals surface area contributed by atoms with Gasteiger partial charge in [-0.3, -0.25) is 19.1 Å². The van der Waals surface area contributed by atoms with E-state index < -0.39 is 11.8 Å². The van der Waals surface area contributed by atoms with Crippen molar-refractivity contribution in [3.05, 3.63) is 47.3 Å². The van der Waals surface area contributed by atoms with Crippen molar-refractivity contribution in [1.82, 2.24) is 20.4 Å². The molecule has 2 aliphatic carbocycles. The van der Waals surface area contributed by atoms with Gasteiger partial charge in [0.25, 0.3) is 5.91 Å². The molecule has 8 nitrogen and oxygen atoms in total. The number of anilines is 1. The second-order valence-corrected chi connectivity index (χ2v) is 7.37. The molecule has 0 bridgehead atoms. The number of fused-ring (bicyclic) bond motifs is 1. The number of amides is 3. The maximum absolute atomic E-state index is 12.4. The third-order valence-electron chi connectivity index (χ3n) is 5.18. The van der Waals surface area contributed by atoms with E-state index in [9.17, 15) is 14.4 Å². The molecule has 0 aliphatic heterocycles. The van der Waals surface area contributed by atoms with Crippen LogP contribution in [-0.4, -0.2) is 33.5 Å². The first-order chi connectivity index (χ1) is 13.5. The molecule has 1 unspecified atom stereocenters. The van der Waals surface area contributed by atoms with Gasteiger partial charge in [0.05, 0.1) is 12.2 Å². The van der Waals surface area contributed by atoms with E-state index in [1.165, 1.54) is 0 Å². The molecular formula is C20H23N5O3. The van der Waals surface area contributed by atoms with Crippen LogP contribution in [0.2, 0.25) is 0 Å². The SMILES string of the molecule is Cn1ncc2c1CCCC2NC(=O)C(=O)Nc1cccc(C(=O)NC2CC2)c1. The molecule has 1 fully saturated rings. The maximum atomic E-state index is 12.4. The number of aromatic nitrogens is 2. The Morgan fingerprint density at radius 1 is 1.11 bits per heavy atom. The second-order valence-electron chi connectivity index (χ2n) is 7.37. The average Bonchev–Trinajstić information content (AvgIpc) is 3.42. The maximum Gasteiger partial charge on any atom is 0.313 e. The fourth-order valence-corrected chi connectivity index (χ4v) is 3.50. The number of carbonyl (C=O) groups excluding carboxylic acids is 3. The number of rotatable bonds is 4. The summed E-state index contributed by atoms with van der Waals surface area (Å²) >= 11 is 0. The Morgan fingerprint density at radius 2 is 1.93 bits per heavy atom. The highest BCUT2D eigenvalue weighted by Gasteiger charge is 2.27. The van der Waals surface area contributed by atoms with Crippen molar-refractivity contribution in [3.63, 3.8) is 0 Å². The van der Waals surface area contributed by atoms with Gasteiger partial charge in [-0.25, -0.2) is 0 Å². The predicted octanol–water partition coefficient (Wildman–Crippen LogP) is 1.44. The minimum Gasteiger partial charge on any atom is -0.349 e. The van der Waals surface area contributed by atoms with E-state index >= 15 is 0 Å². The predicted molar refractivity (Wildman–Crippen MR) is 103 cm³/mol. The fraction of sp³-hybridized carbons (Fsp3) is 0.400. The van der Waals surface area contributed by atoms with Crippen LogP contribution in [0.5, 0.6) is 0 Å². The van der Waals surface area contributed by atoms with E-state index in [4.69, 9.17) is 0 Å². The van der Waals surface area contributed by atoms with Crippen molar-refractivity contribution in [2.75, 3.05) is 5.32 Å². The quantitative estimate of drug-likeness (QED) is 0.697. The first-order valence-electron chi connectivity index (χ1n) is 9.55. The molecule has 3 amide bonds. The number of hydrogen-bond donors (Lipinski definition) is 3. The summed E-state index contributed by atoms with van der Waals surface area (Å²) in [6.45, 7) is 0. The number of carbonyl (C=O) groups is 3. The summed E-state index contributed by atoms with van der Waals surface area (Å²) in [6, 6.07) is 6.62. The van der Waals surface area contributed by atoms with Gasteiger partial charge in [0, 0.05) is 35.6 Å². The van der Waals surface area contributed by atoms with Crippen molar-refractivity contribution in [3.8, 4) is 0 Å². The molecule has 0 saturated heterocycles. The summed E-state index contributed by atoms with van der Waals surface area (Å²) < 4.78 is 1.81. The summed E-state index contributed by atoms with van der Waals surface area (Å²) in [4.78, 5) is 36.8. The van der Waals surface area contributed by atoms with Crippen molar-refractivity contribution < 1.29 is 14.4 Å². The second kappa shape index (κ2) is 7.46. The van der Waals surface area contributed by atoms with Gasteiger partial charge in [-0.05, 0) is 50.3 Å². The lowest BCUT2D eigenvalue weighted by Gasteiger charge is -2.23. The number of hydrogen-bond acceptors (Lipinski definition) is 4. The van der Waals surface area contributed by atoms with Crippen LogP contribution in [0.15, 0.2) is 30.5 Å². The zero-order valence-electron chi connectivity index (χ0n) is 15.7. The molecule has 4 rings (SSSR count). The van der Waals surface area contributed by atoms with Crippen LogP contribution in [0.25, 0.3) is 0 Å². The van der Waals surface area contributed by atoms with Crippen LogP contribution in [0.1, 0.15) is 53.3 Å². The minimum absolute atomic E-state index is 0.172. The Morgan fingerprint density at radius 3 is 2.71 bits per heavy atom. The highest BCUT2D eigenvalue weighted by Crippen LogP contribution is 2.29. The molecule has 1 aromatic heterocycles. The number of nitrogens with one attached hydrogen (secondary N) is 3. The van der Waals surface area contributed by atoms with Crippen LogP contribution >= 0.6 is 0 Å². The Labute approximate surface area is 162 Å². The largest absolute Gasteiger partial charge is 0.349 e. The molecule has 28 heavy (non-hydrogen) atoms. The molecule has 1 atom stereocenters. The van der Waals surface area contributed by atoms with E-state index in [0.717, 1.165) is 43.4 Å². The molecule has 146 valence electrons. The van der Waals surface area contributed by atoms with Crippen molar-refractivity contribution in [1.29, 1.82) is 0 Å².